The Labute approximate surface area is 113 Å². The number of hydrogen-bond donors (Lipinski definition) is 1. The number of pyridine rings is 1. The lowest BCUT2D eigenvalue weighted by Crippen LogP contribution is -2.46. The van der Waals surface area contributed by atoms with Gasteiger partial charge in [0.2, 0.25) is 5.91 Å². The Balaban J connectivity index is 2.09. The summed E-state index contributed by atoms with van der Waals surface area (Å²) in [6.07, 6.45) is 3.51. The van der Waals surface area contributed by atoms with Gasteiger partial charge in [0.15, 0.2) is 0 Å². The fraction of sp³-hybridized carbons (Fsp3) is 0.571. The maximum absolute atomic E-state index is 12.5. The normalized spacial score (nSPS) is 22.7. The van der Waals surface area contributed by atoms with Crippen molar-refractivity contribution >= 4 is 5.91 Å². The first-order chi connectivity index (χ1) is 9.09. The molecule has 1 aromatic heterocycles. The molecule has 1 saturated heterocycles. The van der Waals surface area contributed by atoms with Crippen LogP contribution in [-0.2, 0) is 16.1 Å². The largest absolute Gasteiger partial charge is 0.379 e. The lowest BCUT2D eigenvalue weighted by molar-refractivity contribution is -0.138. The van der Waals surface area contributed by atoms with Crippen LogP contribution < -0.4 is 5.73 Å². The lowest BCUT2D eigenvalue weighted by Gasteiger charge is -2.30. The Hall–Kier alpha value is -1.46. The number of ether oxygens (including phenoxy) is 1. The van der Waals surface area contributed by atoms with E-state index in [2.05, 4.69) is 4.98 Å². The molecule has 2 heterocycles. The smallest absolute Gasteiger partial charge is 0.230 e. The molecule has 19 heavy (non-hydrogen) atoms. The van der Waals surface area contributed by atoms with Gasteiger partial charge in [-0.2, -0.15) is 0 Å². The first kappa shape index (κ1) is 14.0. The van der Waals surface area contributed by atoms with Gasteiger partial charge >= 0.3 is 0 Å². The average molecular weight is 263 g/mol. The summed E-state index contributed by atoms with van der Waals surface area (Å²) in [6.45, 7) is 5.48. The van der Waals surface area contributed by atoms with Gasteiger partial charge in [-0.1, -0.05) is 6.07 Å². The van der Waals surface area contributed by atoms with Gasteiger partial charge in [-0.25, -0.2) is 0 Å². The van der Waals surface area contributed by atoms with Crippen molar-refractivity contribution < 1.29 is 9.53 Å². The second-order valence-corrected chi connectivity index (χ2v) is 5.23. The van der Waals surface area contributed by atoms with Gasteiger partial charge in [-0.3, -0.25) is 9.78 Å². The van der Waals surface area contributed by atoms with Gasteiger partial charge in [0.05, 0.1) is 19.1 Å². The van der Waals surface area contributed by atoms with E-state index in [1.165, 1.54) is 0 Å². The third-order valence-corrected chi connectivity index (χ3v) is 3.42. The van der Waals surface area contributed by atoms with Gasteiger partial charge < -0.3 is 15.4 Å². The van der Waals surface area contributed by atoms with E-state index in [1.54, 1.807) is 12.4 Å². The van der Waals surface area contributed by atoms with E-state index in [0.29, 0.717) is 19.8 Å². The standard InChI is InChI=1S/C14H21N3O2/c1-10(2)17(7-11-4-3-5-16-6-11)14(18)12-8-19-9-13(12)15/h3-6,10,12-13H,7-9,15H2,1-2H3. The molecule has 1 amide bonds. The molecule has 2 unspecified atom stereocenters. The minimum Gasteiger partial charge on any atom is -0.379 e. The quantitative estimate of drug-likeness (QED) is 0.872. The zero-order chi connectivity index (χ0) is 13.8. The SMILES string of the molecule is CC(C)N(Cc1cccnc1)C(=O)C1COCC1N. The lowest BCUT2D eigenvalue weighted by atomic mass is 10.0. The Morgan fingerprint density at radius 2 is 2.37 bits per heavy atom. The number of nitrogens with two attached hydrogens (primary N) is 1. The Morgan fingerprint density at radius 1 is 1.58 bits per heavy atom. The Morgan fingerprint density at radius 3 is 2.89 bits per heavy atom. The summed E-state index contributed by atoms with van der Waals surface area (Å²) in [5.41, 5.74) is 6.95. The minimum absolute atomic E-state index is 0.0730. The maximum Gasteiger partial charge on any atom is 0.230 e. The highest BCUT2D eigenvalue weighted by Crippen LogP contribution is 2.18. The Bertz CT molecular complexity index is 422. The molecular formula is C14H21N3O2. The highest BCUT2D eigenvalue weighted by atomic mass is 16.5. The summed E-state index contributed by atoms with van der Waals surface area (Å²) in [5, 5.41) is 0. The molecule has 2 N–H and O–H groups in total. The molecule has 1 aliphatic heterocycles. The summed E-state index contributed by atoms with van der Waals surface area (Å²) in [5.74, 6) is -0.150. The van der Waals surface area contributed by atoms with Crippen LogP contribution in [0.5, 0.6) is 0 Å². The van der Waals surface area contributed by atoms with Crippen LogP contribution in [0.3, 0.4) is 0 Å². The number of amides is 1. The van der Waals surface area contributed by atoms with E-state index >= 15 is 0 Å². The minimum atomic E-state index is -0.223. The van der Waals surface area contributed by atoms with Crippen LogP contribution in [0.25, 0.3) is 0 Å². The highest BCUT2D eigenvalue weighted by Gasteiger charge is 2.35. The van der Waals surface area contributed by atoms with Crippen molar-refractivity contribution in [1.29, 1.82) is 0 Å². The van der Waals surface area contributed by atoms with Gasteiger partial charge in [-0.15, -0.1) is 0 Å². The molecule has 5 nitrogen and oxygen atoms in total. The molecule has 1 aliphatic rings. The van der Waals surface area contributed by atoms with Gasteiger partial charge in [0.1, 0.15) is 0 Å². The molecule has 1 aromatic rings. The monoisotopic (exact) mass is 263 g/mol. The van der Waals surface area contributed by atoms with Crippen molar-refractivity contribution in [2.24, 2.45) is 11.7 Å². The molecule has 2 atom stereocenters. The van der Waals surface area contributed by atoms with Crippen molar-refractivity contribution in [3.63, 3.8) is 0 Å². The number of rotatable bonds is 4. The molecule has 1 fully saturated rings. The molecule has 0 spiro atoms. The van der Waals surface area contributed by atoms with E-state index in [1.807, 2.05) is 30.9 Å². The number of carbonyl (C=O) groups excluding carboxylic acids is 1. The fourth-order valence-corrected chi connectivity index (χ4v) is 2.24. The van der Waals surface area contributed by atoms with E-state index < -0.39 is 0 Å². The first-order valence-electron chi connectivity index (χ1n) is 6.62. The van der Waals surface area contributed by atoms with Crippen molar-refractivity contribution in [2.75, 3.05) is 13.2 Å². The molecule has 0 saturated carbocycles. The number of hydrogen-bond acceptors (Lipinski definition) is 4. The van der Waals surface area contributed by atoms with Crippen molar-refractivity contribution in [3.8, 4) is 0 Å². The fourth-order valence-electron chi connectivity index (χ4n) is 2.24. The maximum atomic E-state index is 12.5. The molecule has 0 radical (unpaired) electrons. The second kappa shape index (κ2) is 6.12. The van der Waals surface area contributed by atoms with E-state index in [4.69, 9.17) is 10.5 Å². The van der Waals surface area contributed by atoms with Gasteiger partial charge in [0.25, 0.3) is 0 Å². The third-order valence-electron chi connectivity index (χ3n) is 3.42. The predicted octanol–water partition coefficient (Wildman–Crippen LogP) is 0.792. The van der Waals surface area contributed by atoms with E-state index in [0.717, 1.165) is 5.56 Å². The van der Waals surface area contributed by atoms with Crippen LogP contribution in [0.2, 0.25) is 0 Å². The van der Waals surface area contributed by atoms with Crippen LogP contribution in [0.4, 0.5) is 0 Å². The second-order valence-electron chi connectivity index (χ2n) is 5.23. The van der Waals surface area contributed by atoms with Crippen molar-refractivity contribution in [1.82, 2.24) is 9.88 Å². The number of nitrogens with zero attached hydrogens (tertiary/aromatic N) is 2. The van der Waals surface area contributed by atoms with Crippen LogP contribution in [-0.4, -0.2) is 41.1 Å². The summed E-state index contributed by atoms with van der Waals surface area (Å²) in [6, 6.07) is 3.78. The number of carbonyl (C=O) groups is 1. The Kier molecular flexibility index (Phi) is 4.50. The molecule has 5 heteroatoms. The molecule has 0 bridgehead atoms. The molecule has 104 valence electrons. The summed E-state index contributed by atoms with van der Waals surface area (Å²) < 4.78 is 5.29. The zero-order valence-electron chi connectivity index (χ0n) is 11.5. The topological polar surface area (TPSA) is 68.5 Å². The van der Waals surface area contributed by atoms with Crippen LogP contribution in [0, 0.1) is 5.92 Å². The highest BCUT2D eigenvalue weighted by molar-refractivity contribution is 5.80. The molecule has 2 rings (SSSR count). The van der Waals surface area contributed by atoms with Crippen LogP contribution >= 0.6 is 0 Å². The van der Waals surface area contributed by atoms with Gasteiger partial charge in [-0.05, 0) is 25.5 Å². The average Bonchev–Trinajstić information content (AvgIpc) is 2.82. The van der Waals surface area contributed by atoms with Crippen molar-refractivity contribution in [2.45, 2.75) is 32.5 Å². The first-order valence-corrected chi connectivity index (χ1v) is 6.62. The van der Waals surface area contributed by atoms with Crippen LogP contribution in [0.15, 0.2) is 24.5 Å². The van der Waals surface area contributed by atoms with E-state index in [9.17, 15) is 4.79 Å². The van der Waals surface area contributed by atoms with Crippen LogP contribution in [0.1, 0.15) is 19.4 Å². The van der Waals surface area contributed by atoms with Crippen molar-refractivity contribution in [3.05, 3.63) is 30.1 Å². The molecular weight excluding hydrogens is 242 g/mol. The molecule has 0 aromatic carbocycles. The summed E-state index contributed by atoms with van der Waals surface area (Å²) in [4.78, 5) is 18.5. The summed E-state index contributed by atoms with van der Waals surface area (Å²) in [7, 11) is 0. The third kappa shape index (κ3) is 3.30. The van der Waals surface area contributed by atoms with Gasteiger partial charge in [0, 0.05) is 31.0 Å². The predicted molar refractivity (Wildman–Crippen MR) is 72.2 cm³/mol. The zero-order valence-corrected chi connectivity index (χ0v) is 11.5. The van der Waals surface area contributed by atoms with E-state index in [-0.39, 0.29) is 23.9 Å². The molecule has 0 aliphatic carbocycles. The number of aromatic nitrogens is 1. The summed E-state index contributed by atoms with van der Waals surface area (Å²) >= 11 is 0.